The van der Waals surface area contributed by atoms with Gasteiger partial charge in [0.05, 0.1) is 5.69 Å². The van der Waals surface area contributed by atoms with Gasteiger partial charge in [0.2, 0.25) is 0 Å². The summed E-state index contributed by atoms with van der Waals surface area (Å²) < 4.78 is 26.2. The fourth-order valence-electron chi connectivity index (χ4n) is 1.75. The highest BCUT2D eigenvalue weighted by molar-refractivity contribution is 5.93. The van der Waals surface area contributed by atoms with Gasteiger partial charge in [0.15, 0.2) is 0 Å². The lowest BCUT2D eigenvalue weighted by molar-refractivity contribution is 0.0963. The highest BCUT2D eigenvalue weighted by atomic mass is 19.1. The van der Waals surface area contributed by atoms with E-state index in [1.165, 1.54) is 12.1 Å². The summed E-state index contributed by atoms with van der Waals surface area (Å²) in [6, 6.07) is 10.3. The largest absolute Gasteiger partial charge is 0.379 e. The smallest absolute Gasteiger partial charge is 0.251 e. The molecule has 0 saturated carbocycles. The second-order valence-corrected chi connectivity index (χ2v) is 4.25. The van der Waals surface area contributed by atoms with Gasteiger partial charge < -0.3 is 10.6 Å². The van der Waals surface area contributed by atoms with Crippen molar-refractivity contribution in [2.75, 3.05) is 12.4 Å². The van der Waals surface area contributed by atoms with Gasteiger partial charge in [-0.05, 0) is 29.8 Å². The highest BCUT2D eigenvalue weighted by Crippen LogP contribution is 2.16. The van der Waals surface area contributed by atoms with Crippen molar-refractivity contribution in [3.63, 3.8) is 0 Å². The third-order valence-corrected chi connectivity index (χ3v) is 2.86. The molecule has 0 atom stereocenters. The van der Waals surface area contributed by atoms with E-state index in [0.29, 0.717) is 12.1 Å². The molecule has 2 aromatic rings. The maximum absolute atomic E-state index is 13.4. The number of anilines is 1. The van der Waals surface area contributed by atoms with E-state index in [1.54, 1.807) is 31.3 Å². The summed E-state index contributed by atoms with van der Waals surface area (Å²) in [4.78, 5) is 11.4. The number of halogens is 2. The highest BCUT2D eigenvalue weighted by Gasteiger charge is 2.04. The number of carbonyl (C=O) groups excluding carboxylic acids is 1. The molecule has 1 amide bonds. The molecule has 0 heterocycles. The Labute approximate surface area is 115 Å². The number of amides is 1. The maximum Gasteiger partial charge on any atom is 0.251 e. The van der Waals surface area contributed by atoms with Crippen LogP contribution in [0.2, 0.25) is 0 Å². The van der Waals surface area contributed by atoms with Crippen molar-refractivity contribution in [2.24, 2.45) is 0 Å². The number of rotatable bonds is 4. The monoisotopic (exact) mass is 276 g/mol. The predicted octanol–water partition coefficient (Wildman–Crippen LogP) is 2.94. The molecule has 0 aromatic heterocycles. The van der Waals surface area contributed by atoms with E-state index in [0.717, 1.165) is 11.6 Å². The zero-order chi connectivity index (χ0) is 14.5. The van der Waals surface area contributed by atoms with Crippen molar-refractivity contribution in [3.8, 4) is 0 Å². The summed E-state index contributed by atoms with van der Waals surface area (Å²) in [5, 5.41) is 5.41. The van der Waals surface area contributed by atoms with Gasteiger partial charge >= 0.3 is 0 Å². The molecular formula is C15H14F2N2O. The molecule has 2 rings (SSSR count). The van der Waals surface area contributed by atoms with Crippen LogP contribution >= 0.6 is 0 Å². The van der Waals surface area contributed by atoms with Gasteiger partial charge in [-0.3, -0.25) is 4.79 Å². The third-order valence-electron chi connectivity index (χ3n) is 2.86. The first-order valence-electron chi connectivity index (χ1n) is 6.10. The predicted molar refractivity (Wildman–Crippen MR) is 73.5 cm³/mol. The second-order valence-electron chi connectivity index (χ2n) is 4.25. The van der Waals surface area contributed by atoms with E-state index < -0.39 is 11.6 Å². The zero-order valence-electron chi connectivity index (χ0n) is 10.9. The molecule has 104 valence electrons. The summed E-state index contributed by atoms with van der Waals surface area (Å²) in [7, 11) is 1.56. The number of carbonyl (C=O) groups is 1. The van der Waals surface area contributed by atoms with E-state index in [2.05, 4.69) is 10.6 Å². The minimum atomic E-state index is -0.632. The number of hydrogen-bond donors (Lipinski definition) is 2. The summed E-state index contributed by atoms with van der Waals surface area (Å²) in [5.74, 6) is -1.40. The fourth-order valence-corrected chi connectivity index (χ4v) is 1.75. The molecule has 0 spiro atoms. The lowest BCUT2D eigenvalue weighted by atomic mass is 10.1. The average Bonchev–Trinajstić information content (AvgIpc) is 2.46. The van der Waals surface area contributed by atoms with E-state index in [4.69, 9.17) is 0 Å². The maximum atomic E-state index is 13.4. The lowest BCUT2D eigenvalue weighted by Gasteiger charge is -2.08. The van der Waals surface area contributed by atoms with E-state index in [-0.39, 0.29) is 11.6 Å². The first-order valence-corrected chi connectivity index (χ1v) is 6.10. The molecule has 2 N–H and O–H groups in total. The van der Waals surface area contributed by atoms with Crippen molar-refractivity contribution < 1.29 is 13.6 Å². The Morgan fingerprint density at radius 1 is 1.10 bits per heavy atom. The Morgan fingerprint density at radius 2 is 1.80 bits per heavy atom. The van der Waals surface area contributed by atoms with Crippen LogP contribution in [0.1, 0.15) is 15.9 Å². The van der Waals surface area contributed by atoms with Crippen molar-refractivity contribution in [1.29, 1.82) is 0 Å². The Balaban J connectivity index is 2.02. The van der Waals surface area contributed by atoms with Gasteiger partial charge in [-0.25, -0.2) is 8.78 Å². The molecule has 0 radical (unpaired) electrons. The topological polar surface area (TPSA) is 41.1 Å². The van der Waals surface area contributed by atoms with Crippen LogP contribution in [0.3, 0.4) is 0 Å². The second kappa shape index (κ2) is 6.14. The van der Waals surface area contributed by atoms with Crippen molar-refractivity contribution >= 4 is 11.6 Å². The van der Waals surface area contributed by atoms with Crippen molar-refractivity contribution in [3.05, 3.63) is 65.2 Å². The Hall–Kier alpha value is -2.43. The summed E-state index contributed by atoms with van der Waals surface area (Å²) >= 11 is 0. The summed E-state index contributed by atoms with van der Waals surface area (Å²) in [6.45, 7) is 0.385. The Kier molecular flexibility index (Phi) is 4.30. The number of nitrogens with one attached hydrogen (secondary N) is 2. The third kappa shape index (κ3) is 3.32. The van der Waals surface area contributed by atoms with Crippen LogP contribution in [0.15, 0.2) is 42.5 Å². The molecule has 0 saturated heterocycles. The first-order chi connectivity index (χ1) is 9.60. The normalized spacial score (nSPS) is 10.2. The minimum Gasteiger partial charge on any atom is -0.379 e. The standard InChI is InChI=1S/C15H14F2N2O/c1-18-15(20)11-4-2-10(3-5-11)9-19-14-7-6-12(16)8-13(14)17/h2-8,19H,9H2,1H3,(H,18,20). The van der Waals surface area contributed by atoms with Gasteiger partial charge in [0.25, 0.3) is 5.91 Å². The number of hydrogen-bond acceptors (Lipinski definition) is 2. The van der Waals surface area contributed by atoms with Crippen LogP contribution < -0.4 is 10.6 Å². The molecular weight excluding hydrogens is 262 g/mol. The molecule has 3 nitrogen and oxygen atoms in total. The Morgan fingerprint density at radius 3 is 2.40 bits per heavy atom. The van der Waals surface area contributed by atoms with Crippen LogP contribution in [-0.2, 0) is 6.54 Å². The molecule has 0 fully saturated rings. The van der Waals surface area contributed by atoms with Crippen LogP contribution in [0.25, 0.3) is 0 Å². The molecule has 0 aliphatic rings. The van der Waals surface area contributed by atoms with Gasteiger partial charge in [-0.15, -0.1) is 0 Å². The first kappa shape index (κ1) is 14.0. The average molecular weight is 276 g/mol. The zero-order valence-corrected chi connectivity index (χ0v) is 10.9. The van der Waals surface area contributed by atoms with Crippen LogP contribution in [0, 0.1) is 11.6 Å². The fraction of sp³-hybridized carbons (Fsp3) is 0.133. The SMILES string of the molecule is CNC(=O)c1ccc(CNc2ccc(F)cc2F)cc1. The van der Waals surface area contributed by atoms with Gasteiger partial charge in [0, 0.05) is 25.2 Å². The van der Waals surface area contributed by atoms with E-state index in [9.17, 15) is 13.6 Å². The van der Waals surface area contributed by atoms with Crippen LogP contribution in [0.4, 0.5) is 14.5 Å². The van der Waals surface area contributed by atoms with Crippen LogP contribution in [0.5, 0.6) is 0 Å². The Bertz CT molecular complexity index is 612. The summed E-state index contributed by atoms with van der Waals surface area (Å²) in [6.07, 6.45) is 0. The molecule has 0 bridgehead atoms. The van der Waals surface area contributed by atoms with Gasteiger partial charge in [-0.1, -0.05) is 12.1 Å². The molecule has 0 aliphatic heterocycles. The molecule has 20 heavy (non-hydrogen) atoms. The molecule has 2 aromatic carbocycles. The molecule has 0 aliphatic carbocycles. The molecule has 5 heteroatoms. The van der Waals surface area contributed by atoms with Crippen molar-refractivity contribution in [2.45, 2.75) is 6.54 Å². The summed E-state index contributed by atoms with van der Waals surface area (Å²) in [5.41, 5.74) is 1.69. The van der Waals surface area contributed by atoms with E-state index in [1.807, 2.05) is 0 Å². The quantitative estimate of drug-likeness (QED) is 0.901. The van der Waals surface area contributed by atoms with Crippen LogP contribution in [-0.4, -0.2) is 13.0 Å². The van der Waals surface area contributed by atoms with E-state index >= 15 is 0 Å². The van der Waals surface area contributed by atoms with Gasteiger partial charge in [-0.2, -0.15) is 0 Å². The van der Waals surface area contributed by atoms with Gasteiger partial charge in [0.1, 0.15) is 11.6 Å². The minimum absolute atomic E-state index is 0.158. The molecule has 0 unspecified atom stereocenters. The lowest BCUT2D eigenvalue weighted by Crippen LogP contribution is -2.17. The van der Waals surface area contributed by atoms with Crippen molar-refractivity contribution in [1.82, 2.24) is 5.32 Å². The number of benzene rings is 2.